The fourth-order valence-electron chi connectivity index (χ4n) is 5.06. The summed E-state index contributed by atoms with van der Waals surface area (Å²) in [5, 5.41) is 5.93. The minimum Gasteiger partial charge on any atom is -0.444 e. The molecule has 0 spiro atoms. The molecular formula is C37H49N3O4. The van der Waals surface area contributed by atoms with Crippen LogP contribution in [0.5, 0.6) is 0 Å². The van der Waals surface area contributed by atoms with E-state index in [1.807, 2.05) is 92.7 Å². The van der Waals surface area contributed by atoms with Gasteiger partial charge in [0.15, 0.2) is 0 Å². The van der Waals surface area contributed by atoms with Gasteiger partial charge in [0, 0.05) is 19.5 Å². The fourth-order valence-corrected chi connectivity index (χ4v) is 5.06. The molecule has 0 fully saturated rings. The van der Waals surface area contributed by atoms with Gasteiger partial charge in [-0.3, -0.25) is 9.59 Å². The van der Waals surface area contributed by atoms with Crippen molar-refractivity contribution in [1.29, 1.82) is 0 Å². The molecule has 0 saturated heterocycles. The molecule has 2 atom stereocenters. The van der Waals surface area contributed by atoms with Gasteiger partial charge in [0.05, 0.1) is 0 Å². The molecule has 2 unspecified atom stereocenters. The molecule has 2 N–H and O–H groups in total. The SMILES string of the molecule is CCCCCCN(C(=O)C(Cc1ccccc1)NC(=O)OC(C)(C)C)C(C(=O)NCc1ccccc1)c1ccc(C)c(C)c1. The van der Waals surface area contributed by atoms with Crippen molar-refractivity contribution in [2.45, 2.75) is 97.9 Å². The van der Waals surface area contributed by atoms with Gasteiger partial charge >= 0.3 is 6.09 Å². The van der Waals surface area contributed by atoms with E-state index in [4.69, 9.17) is 4.74 Å². The molecule has 3 amide bonds. The summed E-state index contributed by atoms with van der Waals surface area (Å²) >= 11 is 0. The highest BCUT2D eigenvalue weighted by molar-refractivity contribution is 5.92. The zero-order valence-corrected chi connectivity index (χ0v) is 27.2. The largest absolute Gasteiger partial charge is 0.444 e. The zero-order valence-electron chi connectivity index (χ0n) is 27.2. The van der Waals surface area contributed by atoms with Crippen LogP contribution in [-0.4, -0.2) is 41.0 Å². The lowest BCUT2D eigenvalue weighted by molar-refractivity contribution is -0.142. The van der Waals surface area contributed by atoms with Crippen LogP contribution >= 0.6 is 0 Å². The Bertz CT molecular complexity index is 1350. The number of hydrogen-bond acceptors (Lipinski definition) is 4. The highest BCUT2D eigenvalue weighted by atomic mass is 16.6. The lowest BCUT2D eigenvalue weighted by Crippen LogP contribution is -2.54. The number of carbonyl (C=O) groups is 3. The molecule has 0 aromatic heterocycles. The average molecular weight is 600 g/mol. The first kappa shape index (κ1) is 34.4. The summed E-state index contributed by atoms with van der Waals surface area (Å²) in [6.07, 6.45) is 3.32. The van der Waals surface area contributed by atoms with Crippen LogP contribution in [0.4, 0.5) is 4.79 Å². The van der Waals surface area contributed by atoms with Crippen LogP contribution in [0.25, 0.3) is 0 Å². The number of nitrogens with one attached hydrogen (secondary N) is 2. The molecule has 0 aliphatic carbocycles. The average Bonchev–Trinajstić information content (AvgIpc) is 2.98. The van der Waals surface area contributed by atoms with Crippen molar-refractivity contribution in [3.05, 3.63) is 107 Å². The van der Waals surface area contributed by atoms with Crippen LogP contribution in [0.3, 0.4) is 0 Å². The van der Waals surface area contributed by atoms with Crippen LogP contribution in [0.15, 0.2) is 78.9 Å². The number of hydrogen-bond donors (Lipinski definition) is 2. The Morgan fingerprint density at radius 1 is 0.818 bits per heavy atom. The van der Waals surface area contributed by atoms with E-state index in [0.29, 0.717) is 13.1 Å². The van der Waals surface area contributed by atoms with Crippen molar-refractivity contribution in [3.8, 4) is 0 Å². The Morgan fingerprint density at radius 2 is 1.45 bits per heavy atom. The number of alkyl carbamates (subject to hydrolysis) is 1. The smallest absolute Gasteiger partial charge is 0.408 e. The van der Waals surface area contributed by atoms with Crippen LogP contribution in [0.1, 0.15) is 87.2 Å². The predicted octanol–water partition coefficient (Wildman–Crippen LogP) is 7.21. The van der Waals surface area contributed by atoms with Crippen molar-refractivity contribution < 1.29 is 19.1 Å². The summed E-state index contributed by atoms with van der Waals surface area (Å²) in [6.45, 7) is 12.2. The van der Waals surface area contributed by atoms with Gasteiger partial charge in [-0.25, -0.2) is 4.79 Å². The highest BCUT2D eigenvalue weighted by Gasteiger charge is 2.36. The quantitative estimate of drug-likeness (QED) is 0.192. The summed E-state index contributed by atoms with van der Waals surface area (Å²) in [5.74, 6) is -0.592. The fraction of sp³-hybridized carbons (Fsp3) is 0.432. The van der Waals surface area contributed by atoms with Gasteiger partial charge in [-0.1, -0.05) is 105 Å². The third kappa shape index (κ3) is 10.9. The van der Waals surface area contributed by atoms with E-state index in [1.165, 1.54) is 0 Å². The highest BCUT2D eigenvalue weighted by Crippen LogP contribution is 2.26. The Kier molecular flexibility index (Phi) is 13.0. The Morgan fingerprint density at radius 3 is 2.05 bits per heavy atom. The van der Waals surface area contributed by atoms with Gasteiger partial charge in [-0.2, -0.15) is 0 Å². The van der Waals surface area contributed by atoms with Gasteiger partial charge in [-0.05, 0) is 68.9 Å². The standard InChI is InChI=1S/C37H49N3O4/c1-7-8-9-16-23-40(35(42)32(25-29-17-12-10-13-18-29)39-36(43)44-37(4,5)6)33(31-22-21-27(2)28(3)24-31)34(41)38-26-30-19-14-11-15-20-30/h10-15,17-22,24,32-33H,7-9,16,23,25-26H2,1-6H3,(H,38,41)(H,39,43). The molecule has 44 heavy (non-hydrogen) atoms. The van der Waals surface area contributed by atoms with Crippen molar-refractivity contribution in [2.24, 2.45) is 0 Å². The normalized spacial score (nSPS) is 12.6. The van der Waals surface area contributed by atoms with E-state index < -0.39 is 23.8 Å². The lowest BCUT2D eigenvalue weighted by Gasteiger charge is -2.35. The molecule has 3 rings (SSSR count). The Labute approximate surface area is 263 Å². The molecule has 3 aromatic carbocycles. The molecule has 3 aromatic rings. The monoisotopic (exact) mass is 599 g/mol. The van der Waals surface area contributed by atoms with E-state index in [2.05, 4.69) is 17.6 Å². The topological polar surface area (TPSA) is 87.7 Å². The van der Waals surface area contributed by atoms with Gasteiger partial charge in [0.2, 0.25) is 11.8 Å². The van der Waals surface area contributed by atoms with E-state index in [0.717, 1.165) is 53.5 Å². The summed E-state index contributed by atoms with van der Waals surface area (Å²) in [5.41, 5.74) is 4.00. The summed E-state index contributed by atoms with van der Waals surface area (Å²) in [6, 6.07) is 23.4. The number of carbonyl (C=O) groups excluding carboxylic acids is 3. The molecule has 7 nitrogen and oxygen atoms in total. The predicted molar refractivity (Wildman–Crippen MR) is 176 cm³/mol. The second-order valence-electron chi connectivity index (χ2n) is 12.4. The van der Waals surface area contributed by atoms with Crippen molar-refractivity contribution >= 4 is 17.9 Å². The first-order valence-electron chi connectivity index (χ1n) is 15.7. The first-order chi connectivity index (χ1) is 21.0. The van der Waals surface area contributed by atoms with Crippen molar-refractivity contribution in [3.63, 3.8) is 0 Å². The summed E-state index contributed by atoms with van der Waals surface area (Å²) < 4.78 is 5.56. The van der Waals surface area contributed by atoms with Gasteiger partial charge < -0.3 is 20.3 Å². The Balaban J connectivity index is 2.04. The maximum absolute atomic E-state index is 14.6. The van der Waals surface area contributed by atoms with Gasteiger partial charge in [0.1, 0.15) is 17.7 Å². The summed E-state index contributed by atoms with van der Waals surface area (Å²) in [4.78, 5) is 43.4. The van der Waals surface area contributed by atoms with Crippen LogP contribution in [-0.2, 0) is 27.3 Å². The molecular weight excluding hydrogens is 550 g/mol. The lowest BCUT2D eigenvalue weighted by atomic mass is 9.97. The number of benzene rings is 3. The third-order valence-electron chi connectivity index (χ3n) is 7.52. The molecule has 0 bridgehead atoms. The molecule has 236 valence electrons. The number of nitrogens with zero attached hydrogens (tertiary/aromatic N) is 1. The minimum absolute atomic E-state index is 0.260. The number of unbranched alkanes of at least 4 members (excludes halogenated alkanes) is 3. The number of ether oxygens (including phenoxy) is 1. The van der Waals surface area contributed by atoms with Crippen LogP contribution in [0.2, 0.25) is 0 Å². The van der Waals surface area contributed by atoms with E-state index >= 15 is 0 Å². The van der Waals surface area contributed by atoms with Crippen molar-refractivity contribution in [2.75, 3.05) is 6.54 Å². The number of rotatable bonds is 14. The molecule has 0 radical (unpaired) electrons. The second-order valence-corrected chi connectivity index (χ2v) is 12.4. The van der Waals surface area contributed by atoms with Gasteiger partial charge in [-0.15, -0.1) is 0 Å². The Hall–Kier alpha value is -4.13. The molecule has 0 heterocycles. The zero-order chi connectivity index (χ0) is 32.1. The minimum atomic E-state index is -0.936. The van der Waals surface area contributed by atoms with Crippen LogP contribution < -0.4 is 10.6 Å². The first-order valence-corrected chi connectivity index (χ1v) is 15.7. The number of amides is 3. The second kappa shape index (κ2) is 16.6. The number of aryl methyl sites for hydroxylation is 2. The van der Waals surface area contributed by atoms with E-state index in [9.17, 15) is 14.4 Å². The summed E-state index contributed by atoms with van der Waals surface area (Å²) in [7, 11) is 0. The van der Waals surface area contributed by atoms with Crippen LogP contribution in [0, 0.1) is 13.8 Å². The van der Waals surface area contributed by atoms with Crippen molar-refractivity contribution in [1.82, 2.24) is 15.5 Å². The van der Waals surface area contributed by atoms with E-state index in [1.54, 1.807) is 25.7 Å². The van der Waals surface area contributed by atoms with Gasteiger partial charge in [0.25, 0.3) is 0 Å². The molecule has 0 aliphatic heterocycles. The third-order valence-corrected chi connectivity index (χ3v) is 7.52. The molecule has 7 heteroatoms. The van der Waals surface area contributed by atoms with E-state index in [-0.39, 0.29) is 18.2 Å². The molecule has 0 saturated carbocycles. The maximum atomic E-state index is 14.6. The maximum Gasteiger partial charge on any atom is 0.408 e. The molecule has 0 aliphatic rings.